The summed E-state index contributed by atoms with van der Waals surface area (Å²) in [5.41, 5.74) is 5.67. The molecule has 0 saturated carbocycles. The summed E-state index contributed by atoms with van der Waals surface area (Å²) in [6.45, 7) is 7.94. The highest BCUT2D eigenvalue weighted by Crippen LogP contribution is 2.44. The molecule has 0 saturated heterocycles. The molecule has 228 valence electrons. The summed E-state index contributed by atoms with van der Waals surface area (Å²) in [6.07, 6.45) is 5.12. The van der Waals surface area contributed by atoms with E-state index in [2.05, 4.69) is 4.98 Å². The molecule has 10 heteroatoms. The lowest BCUT2D eigenvalue weighted by molar-refractivity contribution is -0.160. The molecule has 6 aromatic rings. The molecule has 0 aliphatic carbocycles. The van der Waals surface area contributed by atoms with Gasteiger partial charge in [0, 0.05) is 47.3 Å². The van der Waals surface area contributed by atoms with Crippen molar-refractivity contribution in [3.05, 3.63) is 101 Å². The standard InChI is InChI=1S/C35H31FN4O5/c1-19-18-40-26(16-25(39-40)33-38-17-23(44-33)15-20-5-7-22(36)8-6-20)30(28(19)32(34(41)42)45-35(2,3)4)24-9-10-27-29-21(12-14-43-27)11-13-37-31(24)29/h5-11,13,16-18,32H,12,14-15H2,1-4H3,(H,41,42). The van der Waals surface area contributed by atoms with Crippen LogP contribution in [0.25, 0.3) is 39.1 Å². The third kappa shape index (κ3) is 5.31. The maximum absolute atomic E-state index is 13.4. The third-order valence-electron chi connectivity index (χ3n) is 7.86. The van der Waals surface area contributed by atoms with Crippen molar-refractivity contribution in [2.24, 2.45) is 0 Å². The van der Waals surface area contributed by atoms with Crippen molar-refractivity contribution in [1.82, 2.24) is 19.6 Å². The van der Waals surface area contributed by atoms with Gasteiger partial charge in [0.05, 0.1) is 29.4 Å². The molecule has 1 unspecified atom stereocenters. The molecule has 5 heterocycles. The smallest absolute Gasteiger partial charge is 0.337 e. The van der Waals surface area contributed by atoms with Crippen molar-refractivity contribution in [2.45, 2.75) is 52.2 Å². The number of pyridine rings is 2. The number of benzene rings is 2. The second-order valence-corrected chi connectivity index (χ2v) is 12.2. The Morgan fingerprint density at radius 3 is 2.69 bits per heavy atom. The predicted molar refractivity (Wildman–Crippen MR) is 166 cm³/mol. The van der Waals surface area contributed by atoms with Gasteiger partial charge in [0.15, 0.2) is 6.10 Å². The molecule has 0 amide bonds. The number of nitrogens with zero attached hydrogens (tertiary/aromatic N) is 4. The first-order valence-corrected chi connectivity index (χ1v) is 14.7. The van der Waals surface area contributed by atoms with E-state index in [0.29, 0.717) is 58.1 Å². The zero-order valence-electron chi connectivity index (χ0n) is 25.3. The summed E-state index contributed by atoms with van der Waals surface area (Å²) in [4.78, 5) is 22.1. The van der Waals surface area contributed by atoms with Crippen molar-refractivity contribution in [2.75, 3.05) is 6.61 Å². The van der Waals surface area contributed by atoms with Crippen molar-refractivity contribution in [3.8, 4) is 28.5 Å². The number of carboxylic acid groups (broad SMARTS) is 1. The minimum absolute atomic E-state index is 0.302. The van der Waals surface area contributed by atoms with Gasteiger partial charge in [0.2, 0.25) is 5.89 Å². The highest BCUT2D eigenvalue weighted by molar-refractivity contribution is 6.04. The average molecular weight is 607 g/mol. The summed E-state index contributed by atoms with van der Waals surface area (Å²) in [7, 11) is 0. The summed E-state index contributed by atoms with van der Waals surface area (Å²) < 4.78 is 33.4. The third-order valence-corrected chi connectivity index (χ3v) is 7.86. The Balaban J connectivity index is 1.44. The van der Waals surface area contributed by atoms with Gasteiger partial charge in [-0.05, 0) is 80.8 Å². The largest absolute Gasteiger partial charge is 0.493 e. The Bertz CT molecular complexity index is 2080. The molecular formula is C35H31FN4O5. The molecule has 7 rings (SSSR count). The van der Waals surface area contributed by atoms with E-state index in [4.69, 9.17) is 24.0 Å². The summed E-state index contributed by atoms with van der Waals surface area (Å²) in [5.74, 6) is 0.254. The van der Waals surface area contributed by atoms with E-state index in [1.165, 1.54) is 12.1 Å². The van der Waals surface area contributed by atoms with Crippen LogP contribution in [0.5, 0.6) is 5.75 Å². The number of rotatable bonds is 7. The first kappa shape index (κ1) is 28.7. The number of fused-ring (bicyclic) bond motifs is 1. The maximum Gasteiger partial charge on any atom is 0.337 e. The number of oxazole rings is 1. The van der Waals surface area contributed by atoms with Crippen LogP contribution in [0, 0.1) is 12.7 Å². The fraction of sp³-hybridized carbons (Fsp3) is 0.257. The molecule has 4 aromatic heterocycles. The average Bonchev–Trinajstić information content (AvgIpc) is 3.64. The van der Waals surface area contributed by atoms with Crippen molar-refractivity contribution in [1.29, 1.82) is 0 Å². The second kappa shape index (κ2) is 10.8. The number of aryl methyl sites for hydroxylation is 1. The van der Waals surface area contributed by atoms with Gasteiger partial charge in [-0.2, -0.15) is 5.10 Å². The Kier molecular flexibility index (Phi) is 6.89. The molecule has 0 spiro atoms. The lowest BCUT2D eigenvalue weighted by Crippen LogP contribution is -2.28. The van der Waals surface area contributed by atoms with Gasteiger partial charge in [-0.25, -0.2) is 18.7 Å². The van der Waals surface area contributed by atoms with Crippen LogP contribution in [0.4, 0.5) is 4.39 Å². The fourth-order valence-corrected chi connectivity index (χ4v) is 5.99. The van der Waals surface area contributed by atoms with Crippen molar-refractivity contribution < 1.29 is 28.2 Å². The van der Waals surface area contributed by atoms with Crippen LogP contribution in [-0.4, -0.2) is 42.9 Å². The highest BCUT2D eigenvalue weighted by Gasteiger charge is 2.33. The van der Waals surface area contributed by atoms with Gasteiger partial charge in [-0.15, -0.1) is 0 Å². The number of hydrogen-bond acceptors (Lipinski definition) is 7. The normalized spacial score (nSPS) is 13.7. The van der Waals surface area contributed by atoms with Gasteiger partial charge in [-0.1, -0.05) is 12.1 Å². The first-order valence-electron chi connectivity index (χ1n) is 14.7. The van der Waals surface area contributed by atoms with Crippen molar-refractivity contribution >= 4 is 22.4 Å². The van der Waals surface area contributed by atoms with E-state index >= 15 is 0 Å². The van der Waals surface area contributed by atoms with E-state index in [-0.39, 0.29) is 5.82 Å². The molecule has 0 radical (unpaired) electrons. The molecule has 0 fully saturated rings. The lowest BCUT2D eigenvalue weighted by atomic mass is 9.89. The number of halogens is 1. The minimum atomic E-state index is -1.27. The lowest BCUT2D eigenvalue weighted by Gasteiger charge is -2.28. The van der Waals surface area contributed by atoms with E-state index in [1.807, 2.05) is 52.0 Å². The molecular weight excluding hydrogens is 575 g/mol. The Hall–Kier alpha value is -5.09. The second-order valence-electron chi connectivity index (χ2n) is 12.2. The number of hydrogen-bond donors (Lipinski definition) is 1. The number of aromatic nitrogens is 4. The van der Waals surface area contributed by atoms with E-state index < -0.39 is 17.7 Å². The van der Waals surface area contributed by atoms with E-state index in [9.17, 15) is 14.3 Å². The Morgan fingerprint density at radius 2 is 1.93 bits per heavy atom. The van der Waals surface area contributed by atoms with E-state index in [0.717, 1.165) is 34.2 Å². The quantitative estimate of drug-likeness (QED) is 0.205. The Morgan fingerprint density at radius 1 is 1.13 bits per heavy atom. The van der Waals surface area contributed by atoms with Crippen LogP contribution >= 0.6 is 0 Å². The molecule has 45 heavy (non-hydrogen) atoms. The van der Waals surface area contributed by atoms with Crippen LogP contribution in [0.15, 0.2) is 71.5 Å². The molecule has 1 aliphatic heterocycles. The summed E-state index contributed by atoms with van der Waals surface area (Å²) in [6, 6.07) is 13.9. The zero-order valence-corrected chi connectivity index (χ0v) is 25.3. The van der Waals surface area contributed by atoms with Crippen molar-refractivity contribution in [3.63, 3.8) is 0 Å². The number of carboxylic acids is 1. The maximum atomic E-state index is 13.4. The van der Waals surface area contributed by atoms with Crippen LogP contribution in [-0.2, 0) is 22.4 Å². The van der Waals surface area contributed by atoms with Gasteiger partial charge in [0.25, 0.3) is 0 Å². The molecule has 2 aromatic carbocycles. The SMILES string of the molecule is Cc1cn2nc(-c3ncc(Cc4ccc(F)cc4)o3)cc2c(-c2ccc3c4c(ccnc24)CCO3)c1C(OC(C)(C)C)C(=O)O. The van der Waals surface area contributed by atoms with Gasteiger partial charge in [0.1, 0.15) is 23.0 Å². The van der Waals surface area contributed by atoms with Gasteiger partial charge < -0.3 is 19.0 Å². The predicted octanol–water partition coefficient (Wildman–Crippen LogP) is 7.12. The van der Waals surface area contributed by atoms with Crippen LogP contribution < -0.4 is 4.74 Å². The fourth-order valence-electron chi connectivity index (χ4n) is 5.99. The number of carbonyl (C=O) groups is 1. The van der Waals surface area contributed by atoms with Gasteiger partial charge in [-0.3, -0.25) is 4.98 Å². The van der Waals surface area contributed by atoms with E-state index in [1.54, 1.807) is 35.2 Å². The van der Waals surface area contributed by atoms with Crippen LogP contribution in [0.2, 0.25) is 0 Å². The zero-order chi connectivity index (χ0) is 31.5. The molecule has 9 nitrogen and oxygen atoms in total. The number of ether oxygens (including phenoxy) is 2. The van der Waals surface area contributed by atoms with Crippen LogP contribution in [0.3, 0.4) is 0 Å². The molecule has 1 atom stereocenters. The summed E-state index contributed by atoms with van der Waals surface area (Å²) in [5, 5.41) is 16.2. The highest BCUT2D eigenvalue weighted by atomic mass is 19.1. The molecule has 1 aliphatic rings. The summed E-state index contributed by atoms with van der Waals surface area (Å²) >= 11 is 0. The molecule has 1 N–H and O–H groups in total. The molecule has 0 bridgehead atoms. The Labute approximate surface area is 258 Å². The number of aliphatic carboxylic acids is 1. The monoisotopic (exact) mass is 606 g/mol. The topological polar surface area (TPSA) is 112 Å². The van der Waals surface area contributed by atoms with Crippen LogP contribution in [0.1, 0.15) is 54.9 Å². The van der Waals surface area contributed by atoms with Gasteiger partial charge >= 0.3 is 5.97 Å². The first-order chi connectivity index (χ1) is 21.6. The minimum Gasteiger partial charge on any atom is -0.493 e.